The van der Waals surface area contributed by atoms with Gasteiger partial charge in [0.1, 0.15) is 0 Å². The fourth-order valence-corrected chi connectivity index (χ4v) is 0.977. The van der Waals surface area contributed by atoms with Crippen LogP contribution >= 0.6 is 0 Å². The molecule has 1 atom stereocenters. The highest BCUT2D eigenvalue weighted by Gasteiger charge is 2.31. The molecule has 0 spiro atoms. The third-order valence-electron chi connectivity index (χ3n) is 1.61. The van der Waals surface area contributed by atoms with Gasteiger partial charge in [0.15, 0.2) is 5.78 Å². The Labute approximate surface area is 64.1 Å². The smallest absolute Gasteiger partial charge is 0.409 e. The van der Waals surface area contributed by atoms with E-state index in [4.69, 9.17) is 5.73 Å². The van der Waals surface area contributed by atoms with Crippen LogP contribution in [0, 0.1) is 0 Å². The zero-order chi connectivity index (χ0) is 8.43. The van der Waals surface area contributed by atoms with Gasteiger partial charge in [-0.25, -0.2) is 4.79 Å². The Morgan fingerprint density at radius 1 is 1.82 bits per heavy atom. The van der Waals surface area contributed by atoms with Gasteiger partial charge in [-0.2, -0.15) is 0 Å². The standard InChI is InChI=1S/C6H10N2O3/c1-11-6(10)8-2-4(7)5(9)3-8/h4H,2-3,7H2,1H3. The molecule has 11 heavy (non-hydrogen) atoms. The summed E-state index contributed by atoms with van der Waals surface area (Å²) < 4.78 is 4.41. The number of nitrogens with two attached hydrogens (primary N) is 1. The average Bonchev–Trinajstić information content (AvgIpc) is 2.31. The van der Waals surface area contributed by atoms with Crippen LogP contribution in [0.15, 0.2) is 0 Å². The van der Waals surface area contributed by atoms with E-state index in [1.165, 1.54) is 12.0 Å². The minimum Gasteiger partial charge on any atom is -0.453 e. The van der Waals surface area contributed by atoms with Gasteiger partial charge in [-0.3, -0.25) is 9.69 Å². The van der Waals surface area contributed by atoms with Crippen molar-refractivity contribution in [3.63, 3.8) is 0 Å². The van der Waals surface area contributed by atoms with Crippen LogP contribution in [0.5, 0.6) is 0 Å². The van der Waals surface area contributed by atoms with E-state index in [2.05, 4.69) is 4.74 Å². The largest absolute Gasteiger partial charge is 0.453 e. The van der Waals surface area contributed by atoms with Crippen molar-refractivity contribution in [2.45, 2.75) is 6.04 Å². The average molecular weight is 158 g/mol. The van der Waals surface area contributed by atoms with Crippen LogP contribution in [0.1, 0.15) is 0 Å². The Balaban J connectivity index is 2.53. The zero-order valence-electron chi connectivity index (χ0n) is 6.24. The van der Waals surface area contributed by atoms with Gasteiger partial charge >= 0.3 is 6.09 Å². The Morgan fingerprint density at radius 3 is 2.82 bits per heavy atom. The topological polar surface area (TPSA) is 72.6 Å². The van der Waals surface area contributed by atoms with Gasteiger partial charge in [-0.15, -0.1) is 0 Å². The fourth-order valence-electron chi connectivity index (χ4n) is 0.977. The molecule has 5 heteroatoms. The highest BCUT2D eigenvalue weighted by atomic mass is 16.5. The van der Waals surface area contributed by atoms with Gasteiger partial charge in [-0.1, -0.05) is 0 Å². The highest BCUT2D eigenvalue weighted by Crippen LogP contribution is 2.04. The maximum absolute atomic E-state index is 10.8. The Morgan fingerprint density at radius 2 is 2.45 bits per heavy atom. The van der Waals surface area contributed by atoms with E-state index in [9.17, 15) is 9.59 Å². The molecule has 1 unspecified atom stereocenters. The molecule has 1 aliphatic heterocycles. The number of carbonyl (C=O) groups excluding carboxylic acids is 2. The van der Waals surface area contributed by atoms with Crippen LogP contribution in [0.25, 0.3) is 0 Å². The van der Waals surface area contributed by atoms with Gasteiger partial charge in [-0.05, 0) is 0 Å². The third-order valence-corrected chi connectivity index (χ3v) is 1.61. The summed E-state index contributed by atoms with van der Waals surface area (Å²) in [6, 6.07) is -0.533. The summed E-state index contributed by atoms with van der Waals surface area (Å²) in [6.07, 6.45) is -0.494. The van der Waals surface area contributed by atoms with Crippen LogP contribution < -0.4 is 5.73 Å². The van der Waals surface area contributed by atoms with Crippen LogP contribution in [0.4, 0.5) is 4.79 Å². The number of carbonyl (C=O) groups is 2. The van der Waals surface area contributed by atoms with Crippen molar-refractivity contribution in [2.75, 3.05) is 20.2 Å². The van der Waals surface area contributed by atoms with E-state index in [0.29, 0.717) is 0 Å². The molecule has 1 heterocycles. The van der Waals surface area contributed by atoms with Crippen molar-refractivity contribution in [1.29, 1.82) is 0 Å². The lowest BCUT2D eigenvalue weighted by Gasteiger charge is -2.11. The molecule has 62 valence electrons. The zero-order valence-corrected chi connectivity index (χ0v) is 6.24. The van der Waals surface area contributed by atoms with E-state index >= 15 is 0 Å². The van der Waals surface area contributed by atoms with Gasteiger partial charge in [0.2, 0.25) is 0 Å². The first-order valence-electron chi connectivity index (χ1n) is 3.26. The second kappa shape index (κ2) is 2.87. The lowest BCUT2D eigenvalue weighted by atomic mass is 10.3. The minimum atomic E-state index is -0.533. The van der Waals surface area contributed by atoms with E-state index in [1.807, 2.05) is 0 Å². The summed E-state index contributed by atoms with van der Waals surface area (Å²) >= 11 is 0. The Bertz CT molecular complexity index is 192. The second-order valence-corrected chi connectivity index (χ2v) is 2.42. The number of likely N-dealkylation sites (tertiary alicyclic amines) is 1. The van der Waals surface area contributed by atoms with Gasteiger partial charge in [0.05, 0.1) is 19.7 Å². The summed E-state index contributed by atoms with van der Waals surface area (Å²) in [6.45, 7) is 0.347. The van der Waals surface area contributed by atoms with Crippen molar-refractivity contribution in [3.8, 4) is 0 Å². The van der Waals surface area contributed by atoms with Crippen LogP contribution in [-0.4, -0.2) is 43.0 Å². The summed E-state index contributed by atoms with van der Waals surface area (Å²) in [4.78, 5) is 22.9. The molecule has 1 aliphatic rings. The number of ether oxygens (including phenoxy) is 1. The molecular formula is C6H10N2O3. The molecule has 1 fully saturated rings. The molecule has 0 aliphatic carbocycles. The SMILES string of the molecule is COC(=O)N1CC(=O)C(N)C1. The molecule has 0 aromatic carbocycles. The van der Waals surface area contributed by atoms with Crippen molar-refractivity contribution < 1.29 is 14.3 Å². The van der Waals surface area contributed by atoms with Crippen molar-refractivity contribution in [1.82, 2.24) is 4.90 Å². The lowest BCUT2D eigenvalue weighted by Crippen LogP contribution is -2.32. The van der Waals surface area contributed by atoms with Gasteiger partial charge < -0.3 is 10.5 Å². The number of hydrogen-bond donors (Lipinski definition) is 1. The molecule has 0 aromatic heterocycles. The number of methoxy groups -OCH3 is 1. The van der Waals surface area contributed by atoms with Gasteiger partial charge in [0, 0.05) is 6.54 Å². The number of nitrogens with zero attached hydrogens (tertiary/aromatic N) is 1. The van der Waals surface area contributed by atoms with Crippen molar-refractivity contribution >= 4 is 11.9 Å². The maximum Gasteiger partial charge on any atom is 0.409 e. The van der Waals surface area contributed by atoms with Crippen molar-refractivity contribution in [2.24, 2.45) is 5.73 Å². The predicted octanol–water partition coefficient (Wildman–Crippen LogP) is -1.04. The van der Waals surface area contributed by atoms with Crippen LogP contribution in [0.3, 0.4) is 0 Å². The molecule has 5 nitrogen and oxygen atoms in total. The van der Waals surface area contributed by atoms with E-state index in [1.54, 1.807) is 0 Å². The monoisotopic (exact) mass is 158 g/mol. The van der Waals surface area contributed by atoms with E-state index < -0.39 is 12.1 Å². The summed E-state index contributed by atoms with van der Waals surface area (Å²) in [7, 11) is 1.27. The second-order valence-electron chi connectivity index (χ2n) is 2.42. The normalized spacial score (nSPS) is 24.0. The molecule has 0 radical (unpaired) electrons. The maximum atomic E-state index is 10.8. The Hall–Kier alpha value is -1.10. The van der Waals surface area contributed by atoms with E-state index in [-0.39, 0.29) is 18.9 Å². The molecule has 0 aromatic rings. The summed E-state index contributed by atoms with van der Waals surface area (Å²) in [5.74, 6) is -0.115. The van der Waals surface area contributed by atoms with Gasteiger partial charge in [0.25, 0.3) is 0 Å². The predicted molar refractivity (Wildman–Crippen MR) is 37.0 cm³/mol. The first-order chi connectivity index (χ1) is 5.15. The minimum absolute atomic E-state index is 0.0772. The number of amides is 1. The highest BCUT2D eigenvalue weighted by molar-refractivity contribution is 5.91. The summed E-state index contributed by atoms with van der Waals surface area (Å²) in [5, 5.41) is 0. The molecule has 0 saturated carbocycles. The first kappa shape index (κ1) is 8.00. The fraction of sp³-hybridized carbons (Fsp3) is 0.667. The molecule has 1 saturated heterocycles. The summed E-state index contributed by atoms with van der Waals surface area (Å²) in [5.41, 5.74) is 5.36. The lowest BCUT2D eigenvalue weighted by molar-refractivity contribution is -0.117. The number of ketones is 1. The molecule has 1 amide bonds. The molecule has 2 N–H and O–H groups in total. The number of hydrogen-bond acceptors (Lipinski definition) is 4. The Kier molecular flexibility index (Phi) is 2.09. The third kappa shape index (κ3) is 1.48. The quantitative estimate of drug-likeness (QED) is 0.489. The molecule has 1 rings (SSSR count). The molecular weight excluding hydrogens is 148 g/mol. The van der Waals surface area contributed by atoms with E-state index in [0.717, 1.165) is 0 Å². The number of Topliss-reactive ketones (excluding diaryl/α,β-unsaturated/α-hetero) is 1. The van der Waals surface area contributed by atoms with Crippen LogP contribution in [-0.2, 0) is 9.53 Å². The van der Waals surface area contributed by atoms with Crippen molar-refractivity contribution in [3.05, 3.63) is 0 Å². The molecule has 0 bridgehead atoms. The van der Waals surface area contributed by atoms with Crippen LogP contribution in [0.2, 0.25) is 0 Å². The first-order valence-corrected chi connectivity index (χ1v) is 3.26. The number of rotatable bonds is 0.